The molecule has 0 saturated carbocycles. The number of morpholine rings is 1. The van der Waals surface area contributed by atoms with Crippen molar-refractivity contribution >= 4 is 33.7 Å². The van der Waals surface area contributed by atoms with Gasteiger partial charge in [-0.3, -0.25) is 20.0 Å². The fraction of sp³-hybridized carbons (Fsp3) is 0.294. The quantitative estimate of drug-likeness (QED) is 0.725. The molecule has 1 saturated heterocycles. The van der Waals surface area contributed by atoms with E-state index >= 15 is 0 Å². The molecule has 1 N–H and O–H groups in total. The second-order valence-corrected chi connectivity index (χ2v) is 7.62. The van der Waals surface area contributed by atoms with Crippen LogP contribution in [0, 0.1) is 0 Å². The molecule has 7 nitrogen and oxygen atoms in total. The highest BCUT2D eigenvalue weighted by atomic mass is 32.1. The van der Waals surface area contributed by atoms with Gasteiger partial charge in [0, 0.05) is 31.2 Å². The molecular weight excluding hydrogens is 370 g/mol. The van der Waals surface area contributed by atoms with E-state index in [1.54, 1.807) is 12.4 Å². The van der Waals surface area contributed by atoms with Gasteiger partial charge in [0.15, 0.2) is 5.13 Å². The summed E-state index contributed by atoms with van der Waals surface area (Å²) in [5.74, 6) is -0.197. The minimum atomic E-state index is -0.197. The molecule has 9 heteroatoms. The smallest absolute Gasteiger partial charge is 0.269 e. The van der Waals surface area contributed by atoms with Crippen molar-refractivity contribution in [2.75, 3.05) is 31.6 Å². The molecular formula is C17H17N5O2S2. The summed E-state index contributed by atoms with van der Waals surface area (Å²) in [5, 5.41) is 6.17. The van der Waals surface area contributed by atoms with E-state index < -0.39 is 0 Å². The van der Waals surface area contributed by atoms with Gasteiger partial charge in [0.2, 0.25) is 0 Å². The van der Waals surface area contributed by atoms with E-state index in [-0.39, 0.29) is 5.91 Å². The molecule has 134 valence electrons. The predicted molar refractivity (Wildman–Crippen MR) is 102 cm³/mol. The van der Waals surface area contributed by atoms with Crippen LogP contribution in [0.2, 0.25) is 0 Å². The zero-order valence-corrected chi connectivity index (χ0v) is 15.6. The van der Waals surface area contributed by atoms with Gasteiger partial charge in [0.05, 0.1) is 30.8 Å². The SMILES string of the molecule is O=C(Nc1nc(CN2CCOCC2)cs1)c1cnc(-c2ccccn2)s1. The maximum atomic E-state index is 12.4. The zero-order chi connectivity index (χ0) is 17.8. The molecule has 1 aliphatic rings. The van der Waals surface area contributed by atoms with E-state index in [9.17, 15) is 4.79 Å². The van der Waals surface area contributed by atoms with E-state index in [2.05, 4.69) is 25.2 Å². The van der Waals surface area contributed by atoms with E-state index in [4.69, 9.17) is 4.74 Å². The van der Waals surface area contributed by atoms with E-state index in [0.29, 0.717) is 10.0 Å². The summed E-state index contributed by atoms with van der Waals surface area (Å²) in [4.78, 5) is 28.3. The summed E-state index contributed by atoms with van der Waals surface area (Å²) in [5.41, 5.74) is 1.73. The molecule has 1 aliphatic heterocycles. The van der Waals surface area contributed by atoms with Gasteiger partial charge in [0.25, 0.3) is 5.91 Å². The Morgan fingerprint density at radius 2 is 2.15 bits per heavy atom. The number of pyridine rings is 1. The van der Waals surface area contributed by atoms with Crippen LogP contribution in [0.4, 0.5) is 5.13 Å². The number of amides is 1. The summed E-state index contributed by atoms with van der Waals surface area (Å²) < 4.78 is 5.35. The Kier molecular flexibility index (Phi) is 5.30. The number of nitrogens with one attached hydrogen (secondary N) is 1. The van der Waals surface area contributed by atoms with Gasteiger partial charge in [-0.05, 0) is 12.1 Å². The second-order valence-electron chi connectivity index (χ2n) is 5.73. The Morgan fingerprint density at radius 1 is 1.27 bits per heavy atom. The highest BCUT2D eigenvalue weighted by Crippen LogP contribution is 2.24. The molecule has 1 amide bonds. The van der Waals surface area contributed by atoms with Crippen LogP contribution in [0.3, 0.4) is 0 Å². The van der Waals surface area contributed by atoms with Crippen LogP contribution < -0.4 is 5.32 Å². The van der Waals surface area contributed by atoms with Gasteiger partial charge >= 0.3 is 0 Å². The van der Waals surface area contributed by atoms with Crippen LogP contribution in [-0.4, -0.2) is 52.1 Å². The number of thiazole rings is 2. The Bertz CT molecular complexity index is 874. The lowest BCUT2D eigenvalue weighted by atomic mass is 10.4. The van der Waals surface area contributed by atoms with E-state index in [0.717, 1.165) is 49.2 Å². The number of anilines is 1. The minimum absolute atomic E-state index is 0.197. The summed E-state index contributed by atoms with van der Waals surface area (Å²) in [6.45, 7) is 4.13. The van der Waals surface area contributed by atoms with Crippen molar-refractivity contribution in [2.45, 2.75) is 6.54 Å². The van der Waals surface area contributed by atoms with E-state index in [1.807, 2.05) is 23.6 Å². The third-order valence-electron chi connectivity index (χ3n) is 3.88. The van der Waals surface area contributed by atoms with Crippen LogP contribution >= 0.6 is 22.7 Å². The topological polar surface area (TPSA) is 80.2 Å². The number of ether oxygens (including phenoxy) is 1. The Morgan fingerprint density at radius 3 is 2.96 bits per heavy atom. The van der Waals surface area contributed by atoms with Crippen LogP contribution in [0.5, 0.6) is 0 Å². The lowest BCUT2D eigenvalue weighted by Crippen LogP contribution is -2.35. The van der Waals surface area contributed by atoms with Gasteiger partial charge in [-0.1, -0.05) is 6.07 Å². The van der Waals surface area contributed by atoms with Crippen LogP contribution in [0.25, 0.3) is 10.7 Å². The first-order valence-electron chi connectivity index (χ1n) is 8.21. The lowest BCUT2D eigenvalue weighted by Gasteiger charge is -2.25. The largest absolute Gasteiger partial charge is 0.379 e. The molecule has 0 spiro atoms. The van der Waals surface area contributed by atoms with Crippen molar-refractivity contribution in [3.05, 3.63) is 46.5 Å². The first-order valence-corrected chi connectivity index (χ1v) is 9.90. The van der Waals surface area contributed by atoms with Crippen molar-refractivity contribution in [1.29, 1.82) is 0 Å². The third kappa shape index (κ3) is 4.13. The second kappa shape index (κ2) is 8.00. The zero-order valence-electron chi connectivity index (χ0n) is 13.9. The van der Waals surface area contributed by atoms with Crippen molar-refractivity contribution < 1.29 is 9.53 Å². The van der Waals surface area contributed by atoms with Gasteiger partial charge in [-0.2, -0.15) is 0 Å². The van der Waals surface area contributed by atoms with Crippen LogP contribution in [-0.2, 0) is 11.3 Å². The molecule has 0 bridgehead atoms. The average Bonchev–Trinajstić information content (AvgIpc) is 3.33. The lowest BCUT2D eigenvalue weighted by molar-refractivity contribution is 0.0337. The fourth-order valence-corrected chi connectivity index (χ4v) is 4.06. The molecule has 0 atom stereocenters. The predicted octanol–water partition coefficient (Wildman–Crippen LogP) is 2.75. The molecule has 0 aromatic carbocycles. The van der Waals surface area contributed by atoms with Gasteiger partial charge < -0.3 is 4.74 Å². The standard InChI is InChI=1S/C17H17N5O2S2/c23-15(14-9-19-16(26-14)13-3-1-2-4-18-13)21-17-20-12(11-25-17)10-22-5-7-24-8-6-22/h1-4,9,11H,5-8,10H2,(H,20,21,23). The normalized spacial score (nSPS) is 15.1. The molecule has 26 heavy (non-hydrogen) atoms. The molecule has 3 aromatic heterocycles. The number of nitrogens with zero attached hydrogens (tertiary/aromatic N) is 4. The monoisotopic (exact) mass is 387 g/mol. The van der Waals surface area contributed by atoms with Gasteiger partial charge in [0.1, 0.15) is 9.88 Å². The number of rotatable bonds is 5. The van der Waals surface area contributed by atoms with Gasteiger partial charge in [-0.25, -0.2) is 9.97 Å². The maximum absolute atomic E-state index is 12.4. The molecule has 4 rings (SSSR count). The van der Waals surface area contributed by atoms with Crippen molar-refractivity contribution in [3.63, 3.8) is 0 Å². The molecule has 0 unspecified atom stereocenters. The van der Waals surface area contributed by atoms with Crippen LogP contribution in [0.1, 0.15) is 15.4 Å². The Balaban J connectivity index is 1.38. The molecule has 4 heterocycles. The molecule has 0 aliphatic carbocycles. The first kappa shape index (κ1) is 17.2. The number of aromatic nitrogens is 3. The minimum Gasteiger partial charge on any atom is -0.379 e. The number of carbonyl (C=O) groups is 1. The molecule has 0 radical (unpaired) electrons. The molecule has 3 aromatic rings. The summed E-state index contributed by atoms with van der Waals surface area (Å²) in [7, 11) is 0. The average molecular weight is 387 g/mol. The van der Waals surface area contributed by atoms with E-state index in [1.165, 1.54) is 22.7 Å². The maximum Gasteiger partial charge on any atom is 0.269 e. The van der Waals surface area contributed by atoms with Gasteiger partial charge in [-0.15, -0.1) is 22.7 Å². The first-order chi connectivity index (χ1) is 12.8. The highest BCUT2D eigenvalue weighted by Gasteiger charge is 2.16. The van der Waals surface area contributed by atoms with Crippen molar-refractivity contribution in [1.82, 2.24) is 19.9 Å². The fourth-order valence-electron chi connectivity index (χ4n) is 2.57. The number of carbonyl (C=O) groups excluding carboxylic acids is 1. The third-order valence-corrected chi connectivity index (χ3v) is 5.70. The van der Waals surface area contributed by atoms with Crippen molar-refractivity contribution in [3.8, 4) is 10.7 Å². The van der Waals surface area contributed by atoms with Crippen LogP contribution in [0.15, 0.2) is 36.0 Å². The number of hydrogen-bond donors (Lipinski definition) is 1. The van der Waals surface area contributed by atoms with Crippen molar-refractivity contribution in [2.24, 2.45) is 0 Å². The molecule has 1 fully saturated rings. The summed E-state index contributed by atoms with van der Waals surface area (Å²) in [6.07, 6.45) is 3.29. The number of hydrogen-bond acceptors (Lipinski definition) is 8. The Hall–Kier alpha value is -2.20. The Labute approximate surface area is 158 Å². The summed E-state index contributed by atoms with van der Waals surface area (Å²) in [6, 6.07) is 5.62. The highest BCUT2D eigenvalue weighted by molar-refractivity contribution is 7.17. The summed E-state index contributed by atoms with van der Waals surface area (Å²) >= 11 is 2.75.